The summed E-state index contributed by atoms with van der Waals surface area (Å²) in [6.45, 7) is 10.6. The molecule has 3 heterocycles. The predicted octanol–water partition coefficient (Wildman–Crippen LogP) is 6.68. The molecule has 55 heavy (non-hydrogen) atoms. The van der Waals surface area contributed by atoms with Crippen LogP contribution in [0.2, 0.25) is 0 Å². The molecule has 5 rings (SSSR count). The number of carbonyl (C=O) groups excluding carboxylic acids is 5. The Kier molecular flexibility index (Phi) is 13.3. The minimum Gasteiger partial charge on any atom is -0.493 e. The Morgan fingerprint density at radius 1 is 0.873 bits per heavy atom. The van der Waals surface area contributed by atoms with E-state index in [0.717, 1.165) is 16.9 Å². The number of amides is 4. The summed E-state index contributed by atoms with van der Waals surface area (Å²) in [5.74, 6) is -1.50. The number of methoxy groups -OCH3 is 1. The van der Waals surface area contributed by atoms with Gasteiger partial charge in [0.2, 0.25) is 5.91 Å². The molecular weight excluding hydrogens is 723 g/mol. The van der Waals surface area contributed by atoms with Crippen molar-refractivity contribution in [3.63, 3.8) is 0 Å². The number of rotatable bonds is 13. The zero-order chi connectivity index (χ0) is 39.7. The fourth-order valence-electron chi connectivity index (χ4n) is 5.91. The molecule has 290 valence electrons. The van der Waals surface area contributed by atoms with E-state index in [4.69, 9.17) is 14.2 Å². The number of carbonyl (C=O) groups is 5. The number of esters is 1. The molecule has 0 aliphatic carbocycles. The number of pyridine rings is 1. The minimum atomic E-state index is -0.793. The van der Waals surface area contributed by atoms with Gasteiger partial charge in [0.1, 0.15) is 17.0 Å². The largest absolute Gasteiger partial charge is 0.493 e. The molecule has 0 bridgehead atoms. The Labute approximate surface area is 324 Å². The van der Waals surface area contributed by atoms with E-state index >= 15 is 0 Å². The number of fused-ring (bicyclic) bond motifs is 3. The summed E-state index contributed by atoms with van der Waals surface area (Å²) in [4.78, 5) is 71.4. The smallest absolute Gasteiger partial charge is 0.407 e. The molecule has 4 aromatic rings. The number of nitrogens with zero attached hydrogens (tertiary/aromatic N) is 1. The second-order valence-corrected chi connectivity index (χ2v) is 14.9. The van der Waals surface area contributed by atoms with Gasteiger partial charge in [-0.15, -0.1) is 11.3 Å². The Morgan fingerprint density at radius 2 is 1.64 bits per heavy atom. The van der Waals surface area contributed by atoms with Gasteiger partial charge in [0, 0.05) is 58.9 Å². The number of alkyl carbamates (subject to hydrolysis) is 1. The molecule has 4 amide bonds. The number of aromatic nitrogens is 1. The molecule has 0 radical (unpaired) electrons. The summed E-state index contributed by atoms with van der Waals surface area (Å²) >= 11 is 1.53. The van der Waals surface area contributed by atoms with E-state index in [2.05, 4.69) is 26.3 Å². The molecule has 0 saturated heterocycles. The SMILES string of the molecule is CCCNC(=O)Cc1cc(CNC(=O)OC(C)(C)C)ccc1NC(=O)c1cc2c(cc1-c1ccc(C(=O)NCCC)nc1C(=O)OC)OCCc1ccsc1-2. The van der Waals surface area contributed by atoms with Gasteiger partial charge in [-0.2, -0.15) is 0 Å². The Balaban J connectivity index is 1.59. The van der Waals surface area contributed by atoms with Gasteiger partial charge in [0.25, 0.3) is 11.8 Å². The highest BCUT2D eigenvalue weighted by molar-refractivity contribution is 7.13. The molecule has 2 aromatic heterocycles. The summed E-state index contributed by atoms with van der Waals surface area (Å²) in [7, 11) is 1.22. The van der Waals surface area contributed by atoms with Gasteiger partial charge in [0.05, 0.1) is 20.1 Å². The summed E-state index contributed by atoms with van der Waals surface area (Å²) < 4.78 is 16.7. The van der Waals surface area contributed by atoms with Gasteiger partial charge >= 0.3 is 12.1 Å². The van der Waals surface area contributed by atoms with Crippen LogP contribution in [-0.2, 0) is 33.7 Å². The van der Waals surface area contributed by atoms with E-state index in [1.807, 2.05) is 25.3 Å². The first kappa shape index (κ1) is 40.4. The molecule has 0 atom stereocenters. The molecule has 0 unspecified atom stereocenters. The van der Waals surface area contributed by atoms with Gasteiger partial charge < -0.3 is 35.5 Å². The first-order valence-electron chi connectivity index (χ1n) is 18.2. The van der Waals surface area contributed by atoms with Crippen LogP contribution in [0.4, 0.5) is 10.5 Å². The first-order chi connectivity index (χ1) is 26.3. The van der Waals surface area contributed by atoms with Gasteiger partial charge in [-0.1, -0.05) is 26.0 Å². The van der Waals surface area contributed by atoms with Crippen LogP contribution >= 0.6 is 11.3 Å². The number of nitrogens with one attached hydrogen (secondary N) is 4. The topological polar surface area (TPSA) is 174 Å². The second kappa shape index (κ2) is 18.0. The molecule has 0 fully saturated rings. The number of hydrogen-bond donors (Lipinski definition) is 4. The fraction of sp³-hybridized carbons (Fsp3) is 0.366. The van der Waals surface area contributed by atoms with Gasteiger partial charge in [0.15, 0.2) is 5.69 Å². The predicted molar refractivity (Wildman–Crippen MR) is 211 cm³/mol. The van der Waals surface area contributed by atoms with Crippen LogP contribution in [0.1, 0.15) is 95.5 Å². The van der Waals surface area contributed by atoms with Crippen molar-refractivity contribution in [2.45, 2.75) is 72.4 Å². The van der Waals surface area contributed by atoms with Crippen LogP contribution < -0.4 is 26.0 Å². The van der Waals surface area contributed by atoms with Crippen molar-refractivity contribution in [1.82, 2.24) is 20.9 Å². The van der Waals surface area contributed by atoms with Crippen molar-refractivity contribution in [3.05, 3.63) is 87.6 Å². The van der Waals surface area contributed by atoms with E-state index in [1.165, 1.54) is 24.5 Å². The number of thiophene rings is 1. The number of anilines is 1. The van der Waals surface area contributed by atoms with E-state index in [-0.39, 0.29) is 41.4 Å². The van der Waals surface area contributed by atoms with Crippen LogP contribution in [0, 0.1) is 0 Å². The lowest BCUT2D eigenvalue weighted by molar-refractivity contribution is -0.120. The first-order valence-corrected chi connectivity index (χ1v) is 19.1. The molecule has 2 aromatic carbocycles. The van der Waals surface area contributed by atoms with E-state index < -0.39 is 29.5 Å². The Morgan fingerprint density at radius 3 is 2.36 bits per heavy atom. The number of ether oxygens (including phenoxy) is 3. The van der Waals surface area contributed by atoms with Crippen molar-refractivity contribution in [1.29, 1.82) is 0 Å². The van der Waals surface area contributed by atoms with Crippen molar-refractivity contribution in [3.8, 4) is 27.3 Å². The highest BCUT2D eigenvalue weighted by atomic mass is 32.1. The summed E-state index contributed by atoms with van der Waals surface area (Å²) in [6.07, 6.45) is 1.50. The fourth-order valence-corrected chi connectivity index (χ4v) is 6.89. The average molecular weight is 770 g/mol. The van der Waals surface area contributed by atoms with Crippen LogP contribution in [0.5, 0.6) is 5.75 Å². The molecule has 1 aliphatic heterocycles. The highest BCUT2D eigenvalue weighted by Gasteiger charge is 2.27. The average Bonchev–Trinajstić information content (AvgIpc) is 3.55. The Bertz CT molecular complexity index is 2090. The van der Waals surface area contributed by atoms with E-state index in [1.54, 1.807) is 57.2 Å². The molecule has 13 nitrogen and oxygen atoms in total. The second-order valence-electron chi connectivity index (χ2n) is 13.9. The van der Waals surface area contributed by atoms with Crippen LogP contribution in [0.3, 0.4) is 0 Å². The zero-order valence-corrected chi connectivity index (χ0v) is 32.8. The quantitative estimate of drug-likeness (QED) is 0.108. The summed E-state index contributed by atoms with van der Waals surface area (Å²) in [6, 6.07) is 13.7. The van der Waals surface area contributed by atoms with E-state index in [0.29, 0.717) is 66.2 Å². The molecule has 0 spiro atoms. The van der Waals surface area contributed by atoms with Crippen LogP contribution in [0.25, 0.3) is 21.6 Å². The maximum Gasteiger partial charge on any atom is 0.407 e. The minimum absolute atomic E-state index is 0.0186. The Hall–Kier alpha value is -5.76. The van der Waals surface area contributed by atoms with Crippen LogP contribution in [0.15, 0.2) is 53.9 Å². The lowest BCUT2D eigenvalue weighted by Gasteiger charge is -2.20. The molecular formula is C41H47N5O8S. The van der Waals surface area contributed by atoms with Gasteiger partial charge in [-0.05, 0) is 92.1 Å². The highest BCUT2D eigenvalue weighted by Crippen LogP contribution is 2.43. The number of hydrogen-bond acceptors (Lipinski definition) is 10. The molecule has 4 N–H and O–H groups in total. The standard InChI is InChI=1S/C41H47N5O8S/c1-7-15-42-34(47)20-26-19-24(23-44-40(51)54-41(3,4)5)9-11-31(26)46-37(48)29-21-30-33(53-17-13-25-14-18-55-36(25)30)22-28(29)27-10-12-32(38(49)43-16-8-2)45-35(27)39(50)52-6/h9-12,14,18-19,21-22H,7-8,13,15-17,20,23H2,1-6H3,(H,42,47)(H,43,49)(H,44,51)(H,46,48). The lowest BCUT2D eigenvalue weighted by Crippen LogP contribution is -2.32. The maximum atomic E-state index is 14.6. The van der Waals surface area contributed by atoms with Crippen molar-refractivity contribution >= 4 is 46.8 Å². The summed E-state index contributed by atoms with van der Waals surface area (Å²) in [5, 5.41) is 13.4. The maximum absolute atomic E-state index is 14.6. The lowest BCUT2D eigenvalue weighted by atomic mass is 9.93. The van der Waals surface area contributed by atoms with Gasteiger partial charge in [-0.3, -0.25) is 14.4 Å². The van der Waals surface area contributed by atoms with Crippen molar-refractivity contribution < 1.29 is 38.2 Å². The van der Waals surface area contributed by atoms with Crippen molar-refractivity contribution in [2.75, 3.05) is 32.1 Å². The third-order valence-electron chi connectivity index (χ3n) is 8.49. The normalized spacial score (nSPS) is 11.9. The van der Waals surface area contributed by atoms with Crippen LogP contribution in [-0.4, -0.2) is 67.2 Å². The van der Waals surface area contributed by atoms with Crippen molar-refractivity contribution in [2.24, 2.45) is 0 Å². The third-order valence-corrected chi connectivity index (χ3v) is 9.48. The molecule has 0 saturated carbocycles. The summed E-state index contributed by atoms with van der Waals surface area (Å²) in [5.41, 5.74) is 3.34. The third kappa shape index (κ3) is 10.3. The molecule has 1 aliphatic rings. The monoisotopic (exact) mass is 769 g/mol. The zero-order valence-electron chi connectivity index (χ0n) is 32.0. The van der Waals surface area contributed by atoms with E-state index in [9.17, 15) is 24.0 Å². The van der Waals surface area contributed by atoms with Gasteiger partial charge in [-0.25, -0.2) is 14.6 Å². The number of benzene rings is 2. The molecule has 14 heteroatoms.